The smallest absolute Gasteiger partial charge is 0.410 e. The number of nitrogens with zero attached hydrogens (tertiary/aromatic N) is 2. The van der Waals surface area contributed by atoms with Crippen LogP contribution in [-0.2, 0) is 4.74 Å². The zero-order chi connectivity index (χ0) is 23.2. The number of hydrogen-bond acceptors (Lipinski definition) is 3. The van der Waals surface area contributed by atoms with E-state index in [0.29, 0.717) is 16.9 Å². The van der Waals surface area contributed by atoms with Crippen LogP contribution in [0.3, 0.4) is 0 Å². The molecule has 0 radical (unpaired) electrons. The van der Waals surface area contributed by atoms with E-state index in [9.17, 15) is 4.79 Å². The summed E-state index contributed by atoms with van der Waals surface area (Å²) < 4.78 is 6.00. The normalized spacial score (nSPS) is 21.0. The van der Waals surface area contributed by atoms with Crippen LogP contribution in [0.15, 0.2) is 66.7 Å². The molecule has 34 heavy (non-hydrogen) atoms. The SMILES string of the molecule is O=C(OCC1c2ccccc2-c2ccccc21)N1C2C=C(c3ccc(Cl)nc3Cl)CC1CCC2. The first-order chi connectivity index (χ1) is 16.6. The van der Waals surface area contributed by atoms with Gasteiger partial charge in [-0.15, -0.1) is 0 Å². The van der Waals surface area contributed by atoms with Gasteiger partial charge in [0.2, 0.25) is 0 Å². The van der Waals surface area contributed by atoms with E-state index < -0.39 is 0 Å². The molecular weight excluding hydrogens is 467 g/mol. The molecule has 2 aliphatic heterocycles. The van der Waals surface area contributed by atoms with Crippen molar-refractivity contribution in [2.45, 2.75) is 43.7 Å². The Morgan fingerprint density at radius 1 is 0.941 bits per heavy atom. The van der Waals surface area contributed by atoms with Crippen molar-refractivity contribution in [1.82, 2.24) is 9.88 Å². The van der Waals surface area contributed by atoms with E-state index in [4.69, 9.17) is 27.9 Å². The van der Waals surface area contributed by atoms with Crippen LogP contribution in [0.5, 0.6) is 0 Å². The zero-order valence-electron chi connectivity index (χ0n) is 18.6. The second-order valence-corrected chi connectivity index (χ2v) is 9.98. The summed E-state index contributed by atoms with van der Waals surface area (Å²) in [6, 6.07) is 20.6. The Morgan fingerprint density at radius 2 is 1.65 bits per heavy atom. The van der Waals surface area contributed by atoms with Gasteiger partial charge in [-0.3, -0.25) is 4.90 Å². The van der Waals surface area contributed by atoms with Crippen LogP contribution in [0.4, 0.5) is 4.79 Å². The Bertz CT molecular complexity index is 1260. The number of fused-ring (bicyclic) bond motifs is 5. The number of ether oxygens (including phenoxy) is 1. The van der Waals surface area contributed by atoms with Gasteiger partial charge in [0, 0.05) is 17.5 Å². The maximum Gasteiger partial charge on any atom is 0.410 e. The average Bonchev–Trinajstić information content (AvgIpc) is 3.15. The van der Waals surface area contributed by atoms with E-state index in [-0.39, 0.29) is 24.1 Å². The number of carbonyl (C=O) groups excluding carboxylic acids is 1. The van der Waals surface area contributed by atoms with Crippen LogP contribution < -0.4 is 0 Å². The number of halogens is 2. The fraction of sp³-hybridized carbons (Fsp3) is 0.286. The highest BCUT2D eigenvalue weighted by Gasteiger charge is 2.39. The van der Waals surface area contributed by atoms with Gasteiger partial charge in [-0.25, -0.2) is 9.78 Å². The molecule has 0 N–H and O–H groups in total. The molecule has 3 heterocycles. The zero-order valence-corrected chi connectivity index (χ0v) is 20.1. The van der Waals surface area contributed by atoms with Crippen LogP contribution in [0.2, 0.25) is 10.3 Å². The van der Waals surface area contributed by atoms with Crippen molar-refractivity contribution in [3.8, 4) is 11.1 Å². The summed E-state index contributed by atoms with van der Waals surface area (Å²) in [5, 5.41) is 0.789. The quantitative estimate of drug-likeness (QED) is 0.360. The highest BCUT2D eigenvalue weighted by atomic mass is 35.5. The molecule has 2 aromatic carbocycles. The first-order valence-corrected chi connectivity index (χ1v) is 12.5. The minimum absolute atomic E-state index is 0.00453. The van der Waals surface area contributed by atoms with Crippen molar-refractivity contribution in [2.24, 2.45) is 0 Å². The van der Waals surface area contributed by atoms with Crippen LogP contribution in [0.1, 0.15) is 48.3 Å². The molecule has 1 aliphatic carbocycles. The van der Waals surface area contributed by atoms with Gasteiger partial charge in [0.05, 0.1) is 6.04 Å². The molecule has 6 rings (SSSR count). The third-order valence-corrected chi connectivity index (χ3v) is 7.84. The van der Waals surface area contributed by atoms with Crippen molar-refractivity contribution >= 4 is 34.9 Å². The van der Waals surface area contributed by atoms with Gasteiger partial charge in [-0.2, -0.15) is 0 Å². The topological polar surface area (TPSA) is 42.4 Å². The maximum atomic E-state index is 13.4. The largest absolute Gasteiger partial charge is 0.448 e. The number of rotatable bonds is 3. The van der Waals surface area contributed by atoms with Gasteiger partial charge in [0.25, 0.3) is 0 Å². The number of piperidine rings is 1. The summed E-state index contributed by atoms with van der Waals surface area (Å²) in [4.78, 5) is 19.5. The van der Waals surface area contributed by atoms with Crippen molar-refractivity contribution in [3.63, 3.8) is 0 Å². The predicted molar refractivity (Wildman–Crippen MR) is 135 cm³/mol. The van der Waals surface area contributed by atoms with E-state index in [1.807, 2.05) is 11.0 Å². The molecule has 0 spiro atoms. The Kier molecular flexibility index (Phi) is 5.59. The average molecular weight is 491 g/mol. The molecule has 0 saturated carbocycles. The molecule has 2 unspecified atom stereocenters. The molecule has 2 atom stereocenters. The highest BCUT2D eigenvalue weighted by molar-refractivity contribution is 6.33. The lowest BCUT2D eigenvalue weighted by Crippen LogP contribution is -2.51. The van der Waals surface area contributed by atoms with Crippen molar-refractivity contribution in [2.75, 3.05) is 6.61 Å². The molecule has 6 heteroatoms. The summed E-state index contributed by atoms with van der Waals surface area (Å²) >= 11 is 12.4. The predicted octanol–water partition coefficient (Wildman–Crippen LogP) is 7.35. The maximum absolute atomic E-state index is 13.4. The van der Waals surface area contributed by atoms with E-state index in [0.717, 1.165) is 36.8 Å². The Hall–Kier alpha value is -2.82. The molecule has 1 aromatic heterocycles. The van der Waals surface area contributed by atoms with E-state index in [2.05, 4.69) is 59.6 Å². The summed E-state index contributed by atoms with van der Waals surface area (Å²) in [5.41, 5.74) is 6.94. The lowest BCUT2D eigenvalue weighted by molar-refractivity contribution is 0.0539. The Balaban J connectivity index is 1.23. The lowest BCUT2D eigenvalue weighted by atomic mass is 9.83. The standard InChI is InChI=1S/C28H24Cl2N2O2/c29-26-13-12-20(27(30)31-26)17-14-18-6-5-7-19(15-17)32(18)28(33)34-16-25-23-10-3-1-8-21(23)22-9-2-4-11-24(22)25/h1-4,8-14,18-19,25H,5-7,15-16H2. The van der Waals surface area contributed by atoms with E-state index in [1.54, 1.807) is 6.07 Å². The van der Waals surface area contributed by atoms with E-state index in [1.165, 1.54) is 22.3 Å². The summed E-state index contributed by atoms with van der Waals surface area (Å²) in [7, 11) is 0. The molecule has 1 fully saturated rings. The molecule has 1 saturated heterocycles. The number of pyridine rings is 1. The minimum Gasteiger partial charge on any atom is -0.448 e. The fourth-order valence-electron chi connectivity index (χ4n) is 5.83. The van der Waals surface area contributed by atoms with Gasteiger partial charge in [0.1, 0.15) is 16.9 Å². The number of aromatic nitrogens is 1. The van der Waals surface area contributed by atoms with Crippen molar-refractivity contribution < 1.29 is 9.53 Å². The first kappa shape index (κ1) is 21.7. The van der Waals surface area contributed by atoms with E-state index >= 15 is 0 Å². The van der Waals surface area contributed by atoms with Crippen molar-refractivity contribution in [1.29, 1.82) is 0 Å². The highest BCUT2D eigenvalue weighted by Crippen LogP contribution is 2.45. The van der Waals surface area contributed by atoms with Gasteiger partial charge < -0.3 is 4.74 Å². The van der Waals surface area contributed by atoms with Crippen LogP contribution in [0.25, 0.3) is 16.7 Å². The first-order valence-electron chi connectivity index (χ1n) is 11.8. The number of amides is 1. The molecule has 172 valence electrons. The van der Waals surface area contributed by atoms with Gasteiger partial charge in [-0.05, 0) is 65.6 Å². The third-order valence-electron chi connectivity index (χ3n) is 7.34. The number of carbonyl (C=O) groups is 1. The van der Waals surface area contributed by atoms with Crippen LogP contribution in [0, 0.1) is 0 Å². The number of hydrogen-bond donors (Lipinski definition) is 0. The molecule has 2 bridgehead atoms. The summed E-state index contributed by atoms with van der Waals surface area (Å²) in [6.07, 6.45) is 5.64. The Morgan fingerprint density at radius 3 is 2.32 bits per heavy atom. The molecule has 4 nitrogen and oxygen atoms in total. The Labute approximate surface area is 209 Å². The van der Waals surface area contributed by atoms with Crippen LogP contribution in [-0.4, -0.2) is 34.7 Å². The van der Waals surface area contributed by atoms with Gasteiger partial charge in [0.15, 0.2) is 0 Å². The minimum atomic E-state index is -0.229. The van der Waals surface area contributed by atoms with Crippen molar-refractivity contribution in [3.05, 3.63) is 93.7 Å². The molecule has 1 amide bonds. The second kappa shape index (κ2) is 8.75. The summed E-state index contributed by atoms with van der Waals surface area (Å²) in [6.45, 7) is 0.340. The molecule has 3 aromatic rings. The molecular formula is C28H24Cl2N2O2. The number of benzene rings is 2. The van der Waals surface area contributed by atoms with Gasteiger partial charge >= 0.3 is 6.09 Å². The van der Waals surface area contributed by atoms with Gasteiger partial charge in [-0.1, -0.05) is 77.8 Å². The second-order valence-electron chi connectivity index (χ2n) is 9.23. The fourth-order valence-corrected chi connectivity index (χ4v) is 6.30. The molecule has 3 aliphatic rings. The third kappa shape index (κ3) is 3.70. The monoisotopic (exact) mass is 490 g/mol. The van der Waals surface area contributed by atoms with Crippen LogP contribution >= 0.6 is 23.2 Å². The summed E-state index contributed by atoms with van der Waals surface area (Å²) in [5.74, 6) is 0.0611. The lowest BCUT2D eigenvalue weighted by Gasteiger charge is -2.44.